The number of nitrogens with one attached hydrogen (secondary N) is 1. The second-order valence-electron chi connectivity index (χ2n) is 10.7. The van der Waals surface area contributed by atoms with E-state index in [-0.39, 0.29) is 55.0 Å². The Bertz CT molecular complexity index is 1050. The number of piperidine rings is 1. The molecule has 37 heavy (non-hydrogen) atoms. The number of benzene rings is 2. The van der Waals surface area contributed by atoms with Crippen LogP contribution in [0.15, 0.2) is 48.5 Å². The van der Waals surface area contributed by atoms with Crippen molar-refractivity contribution in [1.82, 2.24) is 15.1 Å². The molecule has 2 fully saturated rings. The number of aliphatic hydroxyl groups is 1. The first-order valence-electron chi connectivity index (χ1n) is 13.2. The van der Waals surface area contributed by atoms with Crippen LogP contribution in [0.4, 0.5) is 8.78 Å². The predicted molar refractivity (Wildman–Crippen MR) is 138 cm³/mol. The molecule has 2 amide bonds. The maximum Gasteiger partial charge on any atom is 0.251 e. The summed E-state index contributed by atoms with van der Waals surface area (Å²) in [5, 5.41) is 13.7. The topological polar surface area (TPSA) is 72.9 Å². The predicted octanol–water partition coefficient (Wildman–Crippen LogP) is 4.13. The van der Waals surface area contributed by atoms with Crippen LogP contribution in [0.3, 0.4) is 0 Å². The first kappa shape index (κ1) is 27.2. The molecule has 0 radical (unpaired) electrons. The van der Waals surface area contributed by atoms with Gasteiger partial charge in [-0.15, -0.1) is 0 Å². The summed E-state index contributed by atoms with van der Waals surface area (Å²) in [4.78, 5) is 29.5. The summed E-state index contributed by atoms with van der Waals surface area (Å²) >= 11 is 0. The summed E-state index contributed by atoms with van der Waals surface area (Å²) in [6.45, 7) is 4.40. The van der Waals surface area contributed by atoms with Crippen molar-refractivity contribution in [2.24, 2.45) is 5.92 Å². The fourth-order valence-electron chi connectivity index (χ4n) is 5.75. The Morgan fingerprint density at radius 1 is 1.03 bits per heavy atom. The molecule has 2 unspecified atom stereocenters. The first-order chi connectivity index (χ1) is 17.7. The SMILES string of the molecule is CC(C)C[C@H](O)C(=O)N(CCN1C2CCC1CC(NC(=O)c1ccccc1)C2)Cc1c(F)cccc1F. The number of fused-ring (bicyclic) bond motifs is 2. The van der Waals surface area contributed by atoms with E-state index in [1.807, 2.05) is 32.0 Å². The van der Waals surface area contributed by atoms with Gasteiger partial charge in [-0.05, 0) is 62.3 Å². The Kier molecular flexibility index (Phi) is 8.92. The molecule has 2 N–H and O–H groups in total. The number of carbonyl (C=O) groups excluding carboxylic acids is 2. The lowest BCUT2D eigenvalue weighted by Gasteiger charge is -2.40. The third-order valence-electron chi connectivity index (χ3n) is 7.59. The van der Waals surface area contributed by atoms with Crippen LogP contribution in [0.5, 0.6) is 0 Å². The van der Waals surface area contributed by atoms with Gasteiger partial charge >= 0.3 is 0 Å². The van der Waals surface area contributed by atoms with Crippen LogP contribution in [0, 0.1) is 17.6 Å². The molecular formula is C29H37F2N3O3. The van der Waals surface area contributed by atoms with Crippen LogP contribution in [-0.2, 0) is 11.3 Å². The highest BCUT2D eigenvalue weighted by molar-refractivity contribution is 5.94. The molecule has 0 saturated carbocycles. The van der Waals surface area contributed by atoms with Gasteiger partial charge in [-0.2, -0.15) is 0 Å². The highest BCUT2D eigenvalue weighted by atomic mass is 19.1. The minimum atomic E-state index is -1.22. The molecule has 4 rings (SSSR count). The van der Waals surface area contributed by atoms with Gasteiger partial charge in [0.15, 0.2) is 0 Å². The van der Waals surface area contributed by atoms with Crippen molar-refractivity contribution in [3.8, 4) is 0 Å². The zero-order chi connectivity index (χ0) is 26.5. The van der Waals surface area contributed by atoms with Crippen molar-refractivity contribution in [2.45, 2.75) is 76.7 Å². The summed E-state index contributed by atoms with van der Waals surface area (Å²) in [7, 11) is 0. The van der Waals surface area contributed by atoms with Gasteiger partial charge in [0, 0.05) is 42.3 Å². The van der Waals surface area contributed by atoms with E-state index in [1.165, 1.54) is 23.1 Å². The molecule has 2 bridgehead atoms. The number of nitrogens with zero attached hydrogens (tertiary/aromatic N) is 2. The zero-order valence-electron chi connectivity index (χ0n) is 21.6. The molecule has 2 saturated heterocycles. The Labute approximate surface area is 217 Å². The van der Waals surface area contributed by atoms with E-state index >= 15 is 0 Å². The van der Waals surface area contributed by atoms with E-state index in [0.717, 1.165) is 25.7 Å². The molecule has 2 heterocycles. The minimum absolute atomic E-state index is 0.0683. The van der Waals surface area contributed by atoms with Crippen LogP contribution in [0.25, 0.3) is 0 Å². The average molecular weight is 514 g/mol. The summed E-state index contributed by atoms with van der Waals surface area (Å²) in [5.41, 5.74) is 0.477. The fourth-order valence-corrected chi connectivity index (χ4v) is 5.75. The lowest BCUT2D eigenvalue weighted by atomic mass is 9.96. The van der Waals surface area contributed by atoms with Gasteiger partial charge in [0.1, 0.15) is 17.7 Å². The van der Waals surface area contributed by atoms with Crippen molar-refractivity contribution >= 4 is 11.8 Å². The van der Waals surface area contributed by atoms with E-state index in [1.54, 1.807) is 12.1 Å². The number of halogens is 2. The van der Waals surface area contributed by atoms with Crippen molar-refractivity contribution in [3.63, 3.8) is 0 Å². The molecule has 8 heteroatoms. The molecular weight excluding hydrogens is 476 g/mol. The fraction of sp³-hybridized carbons (Fsp3) is 0.517. The molecule has 2 aromatic carbocycles. The molecule has 200 valence electrons. The molecule has 3 atom stereocenters. The lowest BCUT2D eigenvalue weighted by molar-refractivity contribution is -0.142. The molecule has 6 nitrogen and oxygen atoms in total. The van der Waals surface area contributed by atoms with Crippen LogP contribution < -0.4 is 5.32 Å². The van der Waals surface area contributed by atoms with E-state index < -0.39 is 23.6 Å². The van der Waals surface area contributed by atoms with Crippen LogP contribution >= 0.6 is 0 Å². The zero-order valence-corrected chi connectivity index (χ0v) is 21.6. The number of aliphatic hydroxyl groups excluding tert-OH is 1. The Morgan fingerprint density at radius 3 is 2.24 bits per heavy atom. The maximum atomic E-state index is 14.4. The van der Waals surface area contributed by atoms with Crippen molar-refractivity contribution in [2.75, 3.05) is 13.1 Å². The number of rotatable bonds is 10. The molecule has 2 aliphatic rings. The monoisotopic (exact) mass is 513 g/mol. The van der Waals surface area contributed by atoms with E-state index in [4.69, 9.17) is 0 Å². The van der Waals surface area contributed by atoms with Crippen LogP contribution in [0.2, 0.25) is 0 Å². The van der Waals surface area contributed by atoms with Gasteiger partial charge < -0.3 is 15.3 Å². The minimum Gasteiger partial charge on any atom is -0.383 e. The molecule has 0 aromatic heterocycles. The number of hydrogen-bond donors (Lipinski definition) is 2. The second-order valence-corrected chi connectivity index (χ2v) is 10.7. The van der Waals surface area contributed by atoms with E-state index in [2.05, 4.69) is 10.2 Å². The quantitative estimate of drug-likeness (QED) is 0.501. The van der Waals surface area contributed by atoms with Crippen LogP contribution in [-0.4, -0.2) is 64.0 Å². The largest absolute Gasteiger partial charge is 0.383 e. The summed E-state index contributed by atoms with van der Waals surface area (Å²) in [5.74, 6) is -1.88. The number of carbonyl (C=O) groups is 2. The maximum absolute atomic E-state index is 14.4. The van der Waals surface area contributed by atoms with E-state index in [0.29, 0.717) is 12.1 Å². The second kappa shape index (κ2) is 12.1. The number of hydrogen-bond acceptors (Lipinski definition) is 4. The van der Waals surface area contributed by atoms with Crippen LogP contribution in [0.1, 0.15) is 61.9 Å². The number of amides is 2. The molecule has 0 spiro atoms. The van der Waals surface area contributed by atoms with Gasteiger partial charge in [-0.3, -0.25) is 14.5 Å². The highest BCUT2D eigenvalue weighted by Gasteiger charge is 2.41. The molecule has 2 aliphatic heterocycles. The first-order valence-corrected chi connectivity index (χ1v) is 13.2. The Hall–Kier alpha value is -2.84. The van der Waals surface area contributed by atoms with Gasteiger partial charge in [-0.1, -0.05) is 38.1 Å². The van der Waals surface area contributed by atoms with Gasteiger partial charge in [0.2, 0.25) is 0 Å². The molecule has 2 aromatic rings. The molecule has 0 aliphatic carbocycles. The van der Waals surface area contributed by atoms with Gasteiger partial charge in [-0.25, -0.2) is 8.78 Å². The third kappa shape index (κ3) is 6.73. The highest BCUT2D eigenvalue weighted by Crippen LogP contribution is 2.35. The van der Waals surface area contributed by atoms with Crippen molar-refractivity contribution in [3.05, 3.63) is 71.3 Å². The van der Waals surface area contributed by atoms with Crippen molar-refractivity contribution in [1.29, 1.82) is 0 Å². The normalized spacial score (nSPS) is 22.2. The summed E-state index contributed by atoms with van der Waals surface area (Å²) < 4.78 is 28.8. The summed E-state index contributed by atoms with van der Waals surface area (Å²) in [6.07, 6.45) is 2.72. The Balaban J connectivity index is 1.41. The van der Waals surface area contributed by atoms with Crippen molar-refractivity contribution < 1.29 is 23.5 Å². The van der Waals surface area contributed by atoms with Gasteiger partial charge in [0.25, 0.3) is 11.8 Å². The standard InChI is InChI=1S/C29H37F2N3O3/c1-19(2)15-27(35)29(37)33(18-24-25(30)9-6-10-26(24)31)13-14-34-22-11-12-23(34)17-21(16-22)32-28(36)20-7-4-3-5-8-20/h3-10,19,21-23,27,35H,11-18H2,1-2H3,(H,32,36)/t21?,22?,23?,27-/m0/s1. The van der Waals surface area contributed by atoms with Gasteiger partial charge in [0.05, 0.1) is 6.54 Å². The lowest BCUT2D eigenvalue weighted by Crippen LogP contribution is -2.52. The average Bonchev–Trinajstić information content (AvgIpc) is 3.10. The third-order valence-corrected chi connectivity index (χ3v) is 7.59. The smallest absolute Gasteiger partial charge is 0.251 e. The Morgan fingerprint density at radius 2 is 1.65 bits per heavy atom. The van der Waals surface area contributed by atoms with E-state index in [9.17, 15) is 23.5 Å². The summed E-state index contributed by atoms with van der Waals surface area (Å²) in [6, 6.07) is 13.5.